The second kappa shape index (κ2) is 3.86. The lowest BCUT2D eigenvalue weighted by Crippen LogP contribution is -2.27. The standard InChI is InChI=1S/C7H9N7O/c1-4(6-11-13-14-12-6)10-7(15)5-2-8-9-3-5/h2-4H,1H3,(H,8,9)(H,10,15)(H,11,12,13,14). The van der Waals surface area contributed by atoms with Crippen LogP contribution < -0.4 is 5.32 Å². The third-order valence-corrected chi connectivity index (χ3v) is 1.86. The van der Waals surface area contributed by atoms with Gasteiger partial charge in [0, 0.05) is 6.20 Å². The number of hydrogen-bond acceptors (Lipinski definition) is 5. The van der Waals surface area contributed by atoms with Crippen molar-refractivity contribution >= 4 is 5.91 Å². The zero-order valence-corrected chi connectivity index (χ0v) is 7.93. The van der Waals surface area contributed by atoms with Gasteiger partial charge in [0.05, 0.1) is 17.8 Å². The van der Waals surface area contributed by atoms with E-state index in [2.05, 4.69) is 36.1 Å². The maximum atomic E-state index is 11.6. The highest BCUT2D eigenvalue weighted by Crippen LogP contribution is 2.04. The zero-order chi connectivity index (χ0) is 10.7. The van der Waals surface area contributed by atoms with Crippen molar-refractivity contribution in [1.82, 2.24) is 36.1 Å². The van der Waals surface area contributed by atoms with Crippen LogP contribution in [0.4, 0.5) is 0 Å². The molecular weight excluding hydrogens is 198 g/mol. The topological polar surface area (TPSA) is 112 Å². The molecule has 1 amide bonds. The van der Waals surface area contributed by atoms with E-state index in [9.17, 15) is 4.79 Å². The molecule has 2 aromatic rings. The van der Waals surface area contributed by atoms with Gasteiger partial charge in [-0.3, -0.25) is 9.89 Å². The second-order valence-electron chi connectivity index (χ2n) is 2.95. The number of nitrogens with one attached hydrogen (secondary N) is 3. The summed E-state index contributed by atoms with van der Waals surface area (Å²) in [5.41, 5.74) is 0.463. The molecule has 8 nitrogen and oxygen atoms in total. The van der Waals surface area contributed by atoms with Crippen molar-refractivity contribution in [3.63, 3.8) is 0 Å². The summed E-state index contributed by atoms with van der Waals surface area (Å²) in [6.07, 6.45) is 2.95. The van der Waals surface area contributed by atoms with Gasteiger partial charge in [-0.2, -0.15) is 10.3 Å². The minimum absolute atomic E-state index is 0.235. The smallest absolute Gasteiger partial charge is 0.255 e. The van der Waals surface area contributed by atoms with Crippen LogP contribution in [0.2, 0.25) is 0 Å². The predicted octanol–water partition coefficient (Wildman–Crippen LogP) is -0.586. The Balaban J connectivity index is 2.01. The van der Waals surface area contributed by atoms with Crippen molar-refractivity contribution in [2.75, 3.05) is 0 Å². The van der Waals surface area contributed by atoms with Gasteiger partial charge in [0.25, 0.3) is 5.91 Å². The average Bonchev–Trinajstić information content (AvgIpc) is 2.91. The van der Waals surface area contributed by atoms with E-state index < -0.39 is 0 Å². The van der Waals surface area contributed by atoms with Crippen LogP contribution in [0.5, 0.6) is 0 Å². The molecule has 0 bridgehead atoms. The zero-order valence-electron chi connectivity index (χ0n) is 7.93. The Morgan fingerprint density at radius 3 is 3.07 bits per heavy atom. The Hall–Kier alpha value is -2.25. The lowest BCUT2D eigenvalue weighted by atomic mass is 10.3. The first-order valence-electron chi connectivity index (χ1n) is 4.30. The summed E-state index contributed by atoms with van der Waals surface area (Å²) >= 11 is 0. The second-order valence-corrected chi connectivity index (χ2v) is 2.95. The highest BCUT2D eigenvalue weighted by Gasteiger charge is 2.14. The molecule has 2 rings (SSSR count). The van der Waals surface area contributed by atoms with Gasteiger partial charge in [0.1, 0.15) is 0 Å². The Bertz CT molecular complexity index is 420. The number of rotatable bonds is 3. The highest BCUT2D eigenvalue weighted by molar-refractivity contribution is 5.93. The molecule has 8 heteroatoms. The van der Waals surface area contributed by atoms with Crippen LogP contribution in [0.3, 0.4) is 0 Å². The fourth-order valence-corrected chi connectivity index (χ4v) is 1.07. The molecule has 0 fully saturated rings. The summed E-state index contributed by atoms with van der Waals surface area (Å²) in [6.45, 7) is 1.77. The van der Waals surface area contributed by atoms with E-state index in [0.717, 1.165) is 0 Å². The molecule has 0 aliphatic rings. The fourth-order valence-electron chi connectivity index (χ4n) is 1.07. The van der Waals surface area contributed by atoms with Gasteiger partial charge in [0.2, 0.25) is 0 Å². The Morgan fingerprint density at radius 1 is 1.60 bits per heavy atom. The lowest BCUT2D eigenvalue weighted by molar-refractivity contribution is 0.0938. The quantitative estimate of drug-likeness (QED) is 0.623. The summed E-state index contributed by atoms with van der Waals surface area (Å²) < 4.78 is 0. The average molecular weight is 207 g/mol. The van der Waals surface area contributed by atoms with Crippen molar-refractivity contribution in [2.45, 2.75) is 13.0 Å². The predicted molar refractivity (Wildman–Crippen MR) is 48.6 cm³/mol. The van der Waals surface area contributed by atoms with E-state index >= 15 is 0 Å². The number of aromatic amines is 2. The third-order valence-electron chi connectivity index (χ3n) is 1.86. The highest BCUT2D eigenvalue weighted by atomic mass is 16.1. The molecular formula is C7H9N7O. The van der Waals surface area contributed by atoms with Gasteiger partial charge in [-0.15, -0.1) is 10.2 Å². The van der Waals surface area contributed by atoms with Gasteiger partial charge in [-0.25, -0.2) is 0 Å². The third kappa shape index (κ3) is 1.98. The van der Waals surface area contributed by atoms with Crippen molar-refractivity contribution in [3.05, 3.63) is 23.8 Å². The number of amides is 1. The first-order valence-corrected chi connectivity index (χ1v) is 4.30. The summed E-state index contributed by atoms with van der Waals surface area (Å²) in [5, 5.41) is 22.2. The SMILES string of the molecule is CC(NC(=O)c1cn[nH]c1)c1nn[nH]n1. The molecule has 0 saturated carbocycles. The fraction of sp³-hybridized carbons (Fsp3) is 0.286. The van der Waals surface area contributed by atoms with Crippen LogP contribution in [-0.4, -0.2) is 36.7 Å². The van der Waals surface area contributed by atoms with E-state index in [1.54, 1.807) is 6.92 Å². The molecule has 0 saturated heterocycles. The van der Waals surface area contributed by atoms with E-state index in [1.807, 2.05) is 0 Å². The molecule has 3 N–H and O–H groups in total. The van der Waals surface area contributed by atoms with Gasteiger partial charge >= 0.3 is 0 Å². The van der Waals surface area contributed by atoms with Crippen molar-refractivity contribution in [2.24, 2.45) is 0 Å². The number of hydrogen-bond donors (Lipinski definition) is 3. The van der Waals surface area contributed by atoms with Gasteiger partial charge < -0.3 is 5.32 Å². The van der Waals surface area contributed by atoms with Gasteiger partial charge in [-0.05, 0) is 6.92 Å². The maximum Gasteiger partial charge on any atom is 0.255 e. The summed E-state index contributed by atoms with van der Waals surface area (Å²) in [6, 6.07) is -0.300. The molecule has 1 unspecified atom stereocenters. The van der Waals surface area contributed by atoms with Crippen molar-refractivity contribution < 1.29 is 4.79 Å². The Kier molecular flexibility index (Phi) is 2.40. The first-order chi connectivity index (χ1) is 7.27. The maximum absolute atomic E-state index is 11.6. The monoisotopic (exact) mass is 207 g/mol. The summed E-state index contributed by atoms with van der Waals surface area (Å²) in [7, 11) is 0. The molecule has 0 radical (unpaired) electrons. The molecule has 78 valence electrons. The van der Waals surface area contributed by atoms with Crippen LogP contribution in [0.15, 0.2) is 12.4 Å². The molecule has 2 heterocycles. The minimum Gasteiger partial charge on any atom is -0.342 e. The molecule has 0 aliphatic carbocycles. The van der Waals surface area contributed by atoms with Crippen LogP contribution in [-0.2, 0) is 0 Å². The number of H-pyrrole nitrogens is 2. The van der Waals surface area contributed by atoms with E-state index in [1.165, 1.54) is 12.4 Å². The van der Waals surface area contributed by atoms with E-state index in [4.69, 9.17) is 0 Å². The Labute approximate surface area is 84.5 Å². The number of carbonyl (C=O) groups is 1. The minimum atomic E-state index is -0.300. The molecule has 2 aromatic heterocycles. The number of aromatic nitrogens is 6. The Morgan fingerprint density at radius 2 is 2.47 bits per heavy atom. The van der Waals surface area contributed by atoms with Crippen LogP contribution in [0, 0.1) is 0 Å². The van der Waals surface area contributed by atoms with E-state index in [0.29, 0.717) is 11.4 Å². The van der Waals surface area contributed by atoms with Gasteiger partial charge in [-0.1, -0.05) is 5.21 Å². The molecule has 15 heavy (non-hydrogen) atoms. The molecule has 0 aliphatic heterocycles. The summed E-state index contributed by atoms with van der Waals surface area (Å²) in [5.74, 6) is 0.202. The first kappa shape index (κ1) is 9.31. The number of carbonyl (C=O) groups excluding carboxylic acids is 1. The summed E-state index contributed by atoms with van der Waals surface area (Å²) in [4.78, 5) is 11.6. The molecule has 0 spiro atoms. The lowest BCUT2D eigenvalue weighted by Gasteiger charge is -2.07. The van der Waals surface area contributed by atoms with Crippen molar-refractivity contribution in [1.29, 1.82) is 0 Å². The molecule has 0 aromatic carbocycles. The van der Waals surface area contributed by atoms with Crippen LogP contribution >= 0.6 is 0 Å². The number of tetrazole rings is 1. The van der Waals surface area contributed by atoms with Crippen LogP contribution in [0.25, 0.3) is 0 Å². The normalized spacial score (nSPS) is 12.3. The van der Waals surface area contributed by atoms with Crippen molar-refractivity contribution in [3.8, 4) is 0 Å². The molecule has 1 atom stereocenters. The largest absolute Gasteiger partial charge is 0.342 e. The number of nitrogens with zero attached hydrogens (tertiary/aromatic N) is 4. The van der Waals surface area contributed by atoms with E-state index in [-0.39, 0.29) is 11.9 Å². The van der Waals surface area contributed by atoms with Crippen LogP contribution in [0.1, 0.15) is 29.1 Å². The van der Waals surface area contributed by atoms with Gasteiger partial charge in [0.15, 0.2) is 5.82 Å².